The van der Waals surface area contributed by atoms with Gasteiger partial charge in [-0.2, -0.15) is 0 Å². The van der Waals surface area contributed by atoms with E-state index in [1.807, 2.05) is 44.5 Å². The van der Waals surface area contributed by atoms with Gasteiger partial charge in [0, 0.05) is 18.7 Å². The zero-order chi connectivity index (χ0) is 16.6. The molecular formula is C17H22N4OS. The molecule has 5 nitrogen and oxygen atoms in total. The normalized spacial score (nSPS) is 15.5. The molecule has 0 saturated heterocycles. The highest BCUT2D eigenvalue weighted by Gasteiger charge is 2.30. The molecule has 1 aliphatic carbocycles. The van der Waals surface area contributed by atoms with Crippen LogP contribution in [0.15, 0.2) is 23.4 Å². The van der Waals surface area contributed by atoms with Gasteiger partial charge in [-0.1, -0.05) is 29.5 Å². The molecule has 23 heavy (non-hydrogen) atoms. The molecular weight excluding hydrogens is 308 g/mol. The van der Waals surface area contributed by atoms with Crippen LogP contribution in [-0.4, -0.2) is 25.9 Å². The molecule has 0 radical (unpaired) electrons. The van der Waals surface area contributed by atoms with E-state index in [-0.39, 0.29) is 11.2 Å². The summed E-state index contributed by atoms with van der Waals surface area (Å²) in [5, 5.41) is 12.1. The molecule has 2 aromatic rings. The molecule has 122 valence electrons. The molecule has 6 heteroatoms. The Hall–Kier alpha value is -1.82. The van der Waals surface area contributed by atoms with Crippen molar-refractivity contribution < 1.29 is 4.79 Å². The number of thioether (sulfide) groups is 1. The maximum absolute atomic E-state index is 12.4. The van der Waals surface area contributed by atoms with Crippen LogP contribution in [0, 0.1) is 13.8 Å². The van der Waals surface area contributed by atoms with E-state index in [0.717, 1.165) is 22.2 Å². The Kier molecular flexibility index (Phi) is 4.43. The van der Waals surface area contributed by atoms with Crippen LogP contribution in [-0.2, 0) is 11.8 Å². The number of nitrogens with one attached hydrogen (secondary N) is 1. The number of aromatic nitrogens is 3. The second-order valence-electron chi connectivity index (χ2n) is 6.24. The minimum atomic E-state index is -0.231. The third-order valence-electron chi connectivity index (χ3n) is 4.10. The fourth-order valence-electron chi connectivity index (χ4n) is 2.53. The number of hydrogen-bond acceptors (Lipinski definition) is 4. The molecule has 3 rings (SSSR count). The van der Waals surface area contributed by atoms with E-state index in [9.17, 15) is 4.79 Å². The molecule has 1 heterocycles. The van der Waals surface area contributed by atoms with Crippen LogP contribution in [0.25, 0.3) is 0 Å². The smallest absolute Gasteiger partial charge is 0.237 e. The molecule has 1 atom stereocenters. The van der Waals surface area contributed by atoms with Crippen molar-refractivity contribution in [2.45, 2.75) is 49.9 Å². The number of amides is 1. The SMILES string of the molecule is Cc1ccc(NC(=O)[C@@H](C)Sc2nnc(C3CC3)n2C)c(C)c1. The summed E-state index contributed by atoms with van der Waals surface area (Å²) in [5.74, 6) is 1.58. The Morgan fingerprint density at radius 3 is 2.74 bits per heavy atom. The molecule has 1 aliphatic rings. The number of anilines is 1. The number of rotatable bonds is 5. The molecule has 0 aliphatic heterocycles. The van der Waals surface area contributed by atoms with Crippen LogP contribution < -0.4 is 5.32 Å². The van der Waals surface area contributed by atoms with Gasteiger partial charge in [-0.25, -0.2) is 0 Å². The van der Waals surface area contributed by atoms with E-state index in [4.69, 9.17) is 0 Å². The van der Waals surface area contributed by atoms with Crippen LogP contribution in [0.3, 0.4) is 0 Å². The van der Waals surface area contributed by atoms with Crippen LogP contribution in [0.1, 0.15) is 42.6 Å². The molecule has 1 fully saturated rings. The van der Waals surface area contributed by atoms with Gasteiger partial charge in [-0.15, -0.1) is 10.2 Å². The van der Waals surface area contributed by atoms with Crippen LogP contribution in [0.4, 0.5) is 5.69 Å². The van der Waals surface area contributed by atoms with E-state index in [0.29, 0.717) is 5.92 Å². The number of carbonyl (C=O) groups is 1. The zero-order valence-corrected chi connectivity index (χ0v) is 14.8. The van der Waals surface area contributed by atoms with Crippen molar-refractivity contribution in [3.63, 3.8) is 0 Å². The van der Waals surface area contributed by atoms with Gasteiger partial charge in [0.2, 0.25) is 5.91 Å². The minimum absolute atomic E-state index is 0.0158. The highest BCUT2D eigenvalue weighted by molar-refractivity contribution is 8.00. The Morgan fingerprint density at radius 2 is 2.09 bits per heavy atom. The molecule has 1 saturated carbocycles. The lowest BCUT2D eigenvalue weighted by Gasteiger charge is -2.13. The lowest BCUT2D eigenvalue weighted by atomic mass is 10.1. The monoisotopic (exact) mass is 330 g/mol. The molecule has 1 amide bonds. The van der Waals surface area contributed by atoms with E-state index < -0.39 is 0 Å². The Bertz CT molecular complexity index is 736. The summed E-state index contributed by atoms with van der Waals surface area (Å²) in [6, 6.07) is 6.02. The van der Waals surface area contributed by atoms with Gasteiger partial charge >= 0.3 is 0 Å². The number of benzene rings is 1. The second kappa shape index (κ2) is 6.35. The number of carbonyl (C=O) groups excluding carboxylic acids is 1. The molecule has 1 aromatic carbocycles. The summed E-state index contributed by atoms with van der Waals surface area (Å²) in [5.41, 5.74) is 3.13. The van der Waals surface area contributed by atoms with Gasteiger partial charge in [0.25, 0.3) is 0 Å². The molecule has 1 N–H and O–H groups in total. The maximum Gasteiger partial charge on any atom is 0.237 e. The molecule has 0 spiro atoms. The third kappa shape index (κ3) is 3.58. The Labute approximate surface area is 140 Å². The quantitative estimate of drug-likeness (QED) is 0.853. The van der Waals surface area contributed by atoms with E-state index in [1.165, 1.54) is 30.2 Å². The first-order chi connectivity index (χ1) is 11.0. The van der Waals surface area contributed by atoms with Crippen molar-refractivity contribution in [2.75, 3.05) is 5.32 Å². The first kappa shape index (κ1) is 16.1. The van der Waals surface area contributed by atoms with E-state index in [2.05, 4.69) is 21.6 Å². The molecule has 0 bridgehead atoms. The fraction of sp³-hybridized carbons (Fsp3) is 0.471. The van der Waals surface area contributed by atoms with Crippen LogP contribution in [0.5, 0.6) is 0 Å². The first-order valence-corrected chi connectivity index (χ1v) is 8.77. The molecule has 0 unspecified atom stereocenters. The van der Waals surface area contributed by atoms with Crippen LogP contribution in [0.2, 0.25) is 0 Å². The summed E-state index contributed by atoms with van der Waals surface area (Å²) in [7, 11) is 1.98. The van der Waals surface area contributed by atoms with Gasteiger partial charge in [0.05, 0.1) is 5.25 Å². The van der Waals surface area contributed by atoms with Gasteiger partial charge in [-0.3, -0.25) is 4.79 Å². The minimum Gasteiger partial charge on any atom is -0.325 e. The zero-order valence-electron chi connectivity index (χ0n) is 14.0. The number of nitrogens with zero attached hydrogens (tertiary/aromatic N) is 3. The molecule has 1 aromatic heterocycles. The van der Waals surface area contributed by atoms with Crippen molar-refractivity contribution in [2.24, 2.45) is 7.05 Å². The predicted octanol–water partition coefficient (Wildman–Crippen LogP) is 3.43. The summed E-state index contributed by atoms with van der Waals surface area (Å²) in [6.45, 7) is 5.95. The standard InChI is InChI=1S/C17H22N4OS/c1-10-5-8-14(11(2)9-10)18-16(22)12(3)23-17-20-19-15(21(17)4)13-6-7-13/h5,8-9,12-13H,6-7H2,1-4H3,(H,18,22)/t12-/m1/s1. The summed E-state index contributed by atoms with van der Waals surface area (Å²) in [6.07, 6.45) is 2.39. The number of aryl methyl sites for hydroxylation is 2. The van der Waals surface area contributed by atoms with Crippen molar-refractivity contribution in [3.05, 3.63) is 35.2 Å². The second-order valence-corrected chi connectivity index (χ2v) is 7.55. The third-order valence-corrected chi connectivity index (χ3v) is 5.24. The Balaban J connectivity index is 1.65. The largest absolute Gasteiger partial charge is 0.325 e. The van der Waals surface area contributed by atoms with Gasteiger partial charge in [-0.05, 0) is 45.2 Å². The summed E-state index contributed by atoms with van der Waals surface area (Å²) >= 11 is 1.45. The van der Waals surface area contributed by atoms with E-state index >= 15 is 0 Å². The van der Waals surface area contributed by atoms with Crippen molar-refractivity contribution in [1.82, 2.24) is 14.8 Å². The lowest BCUT2D eigenvalue weighted by Crippen LogP contribution is -2.23. The van der Waals surface area contributed by atoms with Gasteiger partial charge in [0.1, 0.15) is 5.82 Å². The average Bonchev–Trinajstić information content (AvgIpc) is 3.28. The van der Waals surface area contributed by atoms with Crippen molar-refractivity contribution in [3.8, 4) is 0 Å². The highest BCUT2D eigenvalue weighted by atomic mass is 32.2. The summed E-state index contributed by atoms with van der Waals surface area (Å²) in [4.78, 5) is 12.4. The lowest BCUT2D eigenvalue weighted by molar-refractivity contribution is -0.115. The fourth-order valence-corrected chi connectivity index (χ4v) is 3.35. The number of hydrogen-bond donors (Lipinski definition) is 1. The predicted molar refractivity (Wildman–Crippen MR) is 92.8 cm³/mol. The van der Waals surface area contributed by atoms with E-state index in [1.54, 1.807) is 0 Å². The topological polar surface area (TPSA) is 59.8 Å². The highest BCUT2D eigenvalue weighted by Crippen LogP contribution is 2.39. The maximum atomic E-state index is 12.4. The van der Waals surface area contributed by atoms with Crippen LogP contribution >= 0.6 is 11.8 Å². The van der Waals surface area contributed by atoms with Gasteiger partial charge in [0.15, 0.2) is 5.16 Å². The first-order valence-electron chi connectivity index (χ1n) is 7.89. The van der Waals surface area contributed by atoms with Gasteiger partial charge < -0.3 is 9.88 Å². The Morgan fingerprint density at radius 1 is 1.35 bits per heavy atom. The van der Waals surface area contributed by atoms with Crippen molar-refractivity contribution >= 4 is 23.4 Å². The summed E-state index contributed by atoms with van der Waals surface area (Å²) < 4.78 is 2.02. The van der Waals surface area contributed by atoms with Crippen molar-refractivity contribution in [1.29, 1.82) is 0 Å². The average molecular weight is 330 g/mol.